The second-order valence-electron chi connectivity index (χ2n) is 2.45. The number of alkyl halides is 1. The van der Waals surface area contributed by atoms with Crippen LogP contribution in [0.1, 0.15) is 26.2 Å². The normalized spacial score (nSPS) is 41.0. The van der Waals surface area contributed by atoms with Crippen molar-refractivity contribution in [3.05, 3.63) is 0 Å². The molecule has 1 aliphatic rings. The second kappa shape index (κ2) is 2.23. The highest BCUT2D eigenvalue weighted by Crippen LogP contribution is 2.35. The van der Waals surface area contributed by atoms with E-state index in [9.17, 15) is 4.39 Å². The number of epoxide rings is 1. The fourth-order valence-corrected chi connectivity index (χ4v) is 0.829. The van der Waals surface area contributed by atoms with Gasteiger partial charge < -0.3 is 4.74 Å². The highest BCUT2D eigenvalue weighted by Gasteiger charge is 2.53. The molecule has 1 heterocycles. The lowest BCUT2D eigenvalue weighted by molar-refractivity contribution is 0.148. The number of unbranched alkanes of at least 4 members (excludes halogenated alkanes) is 1. The molecule has 9 heavy (non-hydrogen) atoms. The number of rotatable bonds is 3. The summed E-state index contributed by atoms with van der Waals surface area (Å²) in [7, 11) is 0. The third kappa shape index (κ3) is 1.63. The summed E-state index contributed by atoms with van der Waals surface area (Å²) in [4.78, 5) is 0. The quantitative estimate of drug-likeness (QED) is 0.463. The summed E-state index contributed by atoms with van der Waals surface area (Å²) in [6, 6.07) is 0. The molecule has 3 heteroatoms. The lowest BCUT2D eigenvalue weighted by atomic mass is 10.2. The summed E-state index contributed by atoms with van der Waals surface area (Å²) in [5.74, 6) is -1.78. The average Bonchev–Trinajstić information content (AvgIpc) is 2.35. The Kier molecular flexibility index (Phi) is 1.73. The van der Waals surface area contributed by atoms with E-state index in [0.29, 0.717) is 0 Å². The van der Waals surface area contributed by atoms with E-state index in [-0.39, 0.29) is 6.10 Å². The zero-order valence-electron chi connectivity index (χ0n) is 5.56. The van der Waals surface area contributed by atoms with Crippen LogP contribution in [0.15, 0.2) is 0 Å². The summed E-state index contributed by atoms with van der Waals surface area (Å²) in [6.07, 6.45) is 2.49. The minimum Gasteiger partial charge on any atom is -0.321 e. The highest BCUT2D eigenvalue weighted by molar-refractivity contribution is 4.87. The van der Waals surface area contributed by atoms with E-state index in [1.54, 1.807) is 0 Å². The summed E-state index contributed by atoms with van der Waals surface area (Å²) in [5.41, 5.74) is 4.96. The van der Waals surface area contributed by atoms with Gasteiger partial charge in [-0.1, -0.05) is 19.8 Å². The summed E-state index contributed by atoms with van der Waals surface area (Å²) in [5, 5.41) is 0. The Balaban J connectivity index is 2.06. The van der Waals surface area contributed by atoms with Gasteiger partial charge in [0.15, 0.2) is 0 Å². The molecule has 0 aromatic heterocycles. The van der Waals surface area contributed by atoms with Crippen LogP contribution in [0, 0.1) is 0 Å². The van der Waals surface area contributed by atoms with E-state index >= 15 is 0 Å². The third-order valence-electron chi connectivity index (χ3n) is 1.52. The monoisotopic (exact) mass is 133 g/mol. The molecule has 0 aromatic carbocycles. The van der Waals surface area contributed by atoms with Crippen molar-refractivity contribution in [1.29, 1.82) is 0 Å². The first-order valence-corrected chi connectivity index (χ1v) is 3.32. The Hall–Kier alpha value is -0.150. The highest BCUT2D eigenvalue weighted by atomic mass is 19.2. The molecule has 1 aliphatic heterocycles. The molecule has 0 saturated carbocycles. The molecule has 0 bridgehead atoms. The first-order chi connectivity index (χ1) is 4.17. The Morgan fingerprint density at radius 2 is 2.33 bits per heavy atom. The molecule has 2 nitrogen and oxygen atoms in total. The van der Waals surface area contributed by atoms with Gasteiger partial charge in [-0.05, 0) is 6.42 Å². The van der Waals surface area contributed by atoms with Crippen molar-refractivity contribution >= 4 is 0 Å². The van der Waals surface area contributed by atoms with Gasteiger partial charge in [0, 0.05) is 0 Å². The van der Waals surface area contributed by atoms with Crippen LogP contribution in [-0.4, -0.2) is 12.1 Å². The van der Waals surface area contributed by atoms with Crippen molar-refractivity contribution in [1.82, 2.24) is 0 Å². The largest absolute Gasteiger partial charge is 0.321 e. The van der Waals surface area contributed by atoms with E-state index in [1.807, 2.05) is 0 Å². The maximum Gasteiger partial charge on any atom is 0.290 e. The van der Waals surface area contributed by atoms with E-state index in [0.717, 1.165) is 19.3 Å². The van der Waals surface area contributed by atoms with Gasteiger partial charge >= 0.3 is 0 Å². The summed E-state index contributed by atoms with van der Waals surface area (Å²) < 4.78 is 16.9. The molecule has 2 N–H and O–H groups in total. The fourth-order valence-electron chi connectivity index (χ4n) is 0.829. The summed E-state index contributed by atoms with van der Waals surface area (Å²) >= 11 is 0. The Labute approximate surface area is 54.2 Å². The van der Waals surface area contributed by atoms with Crippen LogP contribution in [0.3, 0.4) is 0 Å². The molecule has 1 rings (SSSR count). The number of hydrogen-bond donors (Lipinski definition) is 1. The van der Waals surface area contributed by atoms with Crippen molar-refractivity contribution in [2.45, 2.75) is 38.3 Å². The Morgan fingerprint density at radius 1 is 1.78 bits per heavy atom. The average molecular weight is 133 g/mol. The van der Waals surface area contributed by atoms with Crippen LogP contribution in [0.2, 0.25) is 0 Å². The van der Waals surface area contributed by atoms with Gasteiger partial charge in [-0.2, -0.15) is 4.39 Å². The van der Waals surface area contributed by atoms with E-state index in [2.05, 4.69) is 11.7 Å². The number of halogens is 1. The summed E-state index contributed by atoms with van der Waals surface area (Å²) in [6.45, 7) is 2.05. The molecule has 0 spiro atoms. The van der Waals surface area contributed by atoms with Crippen molar-refractivity contribution in [2.75, 3.05) is 0 Å². The molecule has 1 fully saturated rings. The van der Waals surface area contributed by atoms with Gasteiger partial charge in [-0.3, -0.25) is 5.73 Å². The third-order valence-corrected chi connectivity index (χ3v) is 1.52. The van der Waals surface area contributed by atoms with Gasteiger partial charge in [0.25, 0.3) is 5.98 Å². The van der Waals surface area contributed by atoms with E-state index in [4.69, 9.17) is 5.73 Å². The molecule has 0 aromatic rings. The van der Waals surface area contributed by atoms with Gasteiger partial charge in [0.2, 0.25) is 0 Å². The van der Waals surface area contributed by atoms with Crippen molar-refractivity contribution < 1.29 is 9.13 Å². The molecule has 0 aliphatic carbocycles. The number of ether oxygens (including phenoxy) is 1. The first kappa shape index (κ1) is 6.96. The minimum atomic E-state index is -1.78. The van der Waals surface area contributed by atoms with Crippen LogP contribution in [0.4, 0.5) is 4.39 Å². The number of nitrogens with two attached hydrogens (primary N) is 1. The van der Waals surface area contributed by atoms with Crippen LogP contribution in [0.5, 0.6) is 0 Å². The van der Waals surface area contributed by atoms with Crippen LogP contribution >= 0.6 is 0 Å². The molecule has 54 valence electrons. The van der Waals surface area contributed by atoms with Gasteiger partial charge in [0.05, 0.1) is 0 Å². The number of hydrogen-bond acceptors (Lipinski definition) is 2. The fraction of sp³-hybridized carbons (Fsp3) is 1.00. The molecule has 2 unspecified atom stereocenters. The van der Waals surface area contributed by atoms with Crippen LogP contribution in [0.25, 0.3) is 0 Å². The Bertz CT molecular complexity index is 105. The van der Waals surface area contributed by atoms with E-state index in [1.165, 1.54) is 0 Å². The first-order valence-electron chi connectivity index (χ1n) is 3.32. The van der Waals surface area contributed by atoms with Crippen molar-refractivity contribution in [2.24, 2.45) is 5.73 Å². The molecule has 0 amide bonds. The lowest BCUT2D eigenvalue weighted by Gasteiger charge is -1.90. The second-order valence-corrected chi connectivity index (χ2v) is 2.45. The van der Waals surface area contributed by atoms with Crippen molar-refractivity contribution in [3.63, 3.8) is 0 Å². The topological polar surface area (TPSA) is 38.5 Å². The van der Waals surface area contributed by atoms with Gasteiger partial charge in [0.1, 0.15) is 6.10 Å². The molecule has 0 radical (unpaired) electrons. The SMILES string of the molecule is CCCCC1OC1(N)F. The van der Waals surface area contributed by atoms with Crippen LogP contribution < -0.4 is 5.73 Å². The van der Waals surface area contributed by atoms with E-state index < -0.39 is 5.98 Å². The lowest BCUT2D eigenvalue weighted by Crippen LogP contribution is -2.20. The Morgan fingerprint density at radius 3 is 2.67 bits per heavy atom. The van der Waals surface area contributed by atoms with Gasteiger partial charge in [-0.25, -0.2) is 0 Å². The molecule has 2 atom stereocenters. The predicted molar refractivity (Wildman–Crippen MR) is 32.4 cm³/mol. The molecular weight excluding hydrogens is 121 g/mol. The zero-order valence-corrected chi connectivity index (χ0v) is 5.56. The zero-order chi connectivity index (χ0) is 6.91. The minimum absolute atomic E-state index is 0.322. The molecule has 1 saturated heterocycles. The maximum absolute atomic E-state index is 12.3. The smallest absolute Gasteiger partial charge is 0.290 e. The standard InChI is InChI=1S/C6H12FNO/c1-2-3-4-5-6(7,8)9-5/h5H,2-4,8H2,1H3. The maximum atomic E-state index is 12.3. The van der Waals surface area contributed by atoms with Crippen molar-refractivity contribution in [3.8, 4) is 0 Å². The molecular formula is C6H12FNO. The van der Waals surface area contributed by atoms with Gasteiger partial charge in [-0.15, -0.1) is 0 Å². The predicted octanol–water partition coefficient (Wildman–Crippen LogP) is 1.16. The van der Waals surface area contributed by atoms with Crippen LogP contribution in [-0.2, 0) is 4.74 Å².